The lowest BCUT2D eigenvalue weighted by atomic mass is 10.1. The first kappa shape index (κ1) is 22.6. The van der Waals surface area contributed by atoms with Gasteiger partial charge in [0.1, 0.15) is 12.2 Å². The monoisotopic (exact) mass is 458 g/mol. The highest BCUT2D eigenvalue weighted by Crippen LogP contribution is 2.24. The number of carbonyl (C=O) groups is 2. The largest absolute Gasteiger partial charge is 0.472 e. The summed E-state index contributed by atoms with van der Waals surface area (Å²) in [5.41, 5.74) is 2.22. The fraction of sp³-hybridized carbons (Fsp3) is 0.174. The highest BCUT2D eigenvalue weighted by molar-refractivity contribution is 6.31. The molecule has 8 heteroatoms. The van der Waals surface area contributed by atoms with Crippen molar-refractivity contribution in [3.05, 3.63) is 93.1 Å². The maximum absolute atomic E-state index is 12.9. The first-order chi connectivity index (χ1) is 14.9. The fourth-order valence-corrected chi connectivity index (χ4v) is 3.20. The molecule has 160 valence electrons. The van der Waals surface area contributed by atoms with Gasteiger partial charge in [0.15, 0.2) is 0 Å². The van der Waals surface area contributed by atoms with Crippen molar-refractivity contribution >= 4 is 35.1 Å². The van der Waals surface area contributed by atoms with Gasteiger partial charge in [-0.2, -0.15) is 0 Å². The molecule has 0 aliphatic heterocycles. The topological polar surface area (TPSA) is 77.5 Å². The Bertz CT molecular complexity index is 1090. The number of amides is 1. The van der Waals surface area contributed by atoms with Crippen molar-refractivity contribution in [3.63, 3.8) is 0 Å². The molecule has 2 aromatic carbocycles. The van der Waals surface area contributed by atoms with E-state index in [2.05, 4.69) is 10.3 Å². The van der Waals surface area contributed by atoms with Gasteiger partial charge in [-0.1, -0.05) is 53.5 Å². The average Bonchev–Trinajstić information content (AvgIpc) is 2.78. The van der Waals surface area contributed by atoms with Crippen LogP contribution in [0.4, 0.5) is 0 Å². The maximum Gasteiger partial charge on any atom is 0.337 e. The molecule has 3 rings (SSSR count). The molecule has 0 fully saturated rings. The number of esters is 1. The van der Waals surface area contributed by atoms with Gasteiger partial charge in [-0.05, 0) is 36.8 Å². The predicted molar refractivity (Wildman–Crippen MR) is 119 cm³/mol. The number of pyridine rings is 1. The third-order valence-electron chi connectivity index (χ3n) is 4.56. The minimum absolute atomic E-state index is 0.148. The van der Waals surface area contributed by atoms with Gasteiger partial charge in [0.25, 0.3) is 5.91 Å². The zero-order valence-corrected chi connectivity index (χ0v) is 18.4. The number of nitrogens with one attached hydrogen (secondary N) is 1. The van der Waals surface area contributed by atoms with Crippen LogP contribution in [0.1, 0.15) is 44.8 Å². The molecule has 3 aromatic rings. The van der Waals surface area contributed by atoms with Crippen molar-refractivity contribution in [1.82, 2.24) is 10.3 Å². The molecule has 0 saturated heterocycles. The molecule has 0 bridgehead atoms. The van der Waals surface area contributed by atoms with E-state index in [0.717, 1.165) is 11.1 Å². The van der Waals surface area contributed by atoms with Gasteiger partial charge in [-0.15, -0.1) is 0 Å². The molecule has 0 aliphatic carbocycles. The molecule has 1 N–H and O–H groups in total. The van der Waals surface area contributed by atoms with Gasteiger partial charge in [-0.3, -0.25) is 4.79 Å². The summed E-state index contributed by atoms with van der Waals surface area (Å²) in [5, 5.41) is 3.76. The number of benzene rings is 2. The summed E-state index contributed by atoms with van der Waals surface area (Å²) in [6, 6.07) is 15.2. The number of ether oxygens (including phenoxy) is 2. The summed E-state index contributed by atoms with van der Waals surface area (Å²) in [6.45, 7) is 1.98. The van der Waals surface area contributed by atoms with Gasteiger partial charge >= 0.3 is 5.97 Å². The van der Waals surface area contributed by atoms with Crippen LogP contribution in [0.5, 0.6) is 5.88 Å². The van der Waals surface area contributed by atoms with E-state index in [0.29, 0.717) is 15.6 Å². The number of rotatable bonds is 7. The molecule has 0 spiro atoms. The van der Waals surface area contributed by atoms with Gasteiger partial charge < -0.3 is 14.8 Å². The number of methoxy groups -OCH3 is 1. The second-order valence-corrected chi connectivity index (χ2v) is 7.54. The van der Waals surface area contributed by atoms with E-state index < -0.39 is 11.9 Å². The molecule has 6 nitrogen and oxygen atoms in total. The number of hydrogen-bond acceptors (Lipinski definition) is 5. The Morgan fingerprint density at radius 3 is 2.48 bits per heavy atom. The van der Waals surface area contributed by atoms with E-state index in [9.17, 15) is 9.59 Å². The molecule has 31 heavy (non-hydrogen) atoms. The Labute approximate surface area is 190 Å². The number of hydrogen-bond donors (Lipinski definition) is 1. The van der Waals surface area contributed by atoms with E-state index in [4.69, 9.17) is 32.7 Å². The number of halogens is 2. The summed E-state index contributed by atoms with van der Waals surface area (Å²) in [7, 11) is 1.32. The molecule has 0 unspecified atom stereocenters. The molecule has 0 aliphatic rings. The normalized spacial score (nSPS) is 11.5. The molecule has 1 aromatic heterocycles. The lowest BCUT2D eigenvalue weighted by molar-refractivity contribution is 0.0600. The van der Waals surface area contributed by atoms with E-state index in [-0.39, 0.29) is 24.1 Å². The summed E-state index contributed by atoms with van der Waals surface area (Å²) >= 11 is 12.2. The Morgan fingerprint density at radius 1 is 1.10 bits per heavy atom. The Kier molecular flexibility index (Phi) is 7.50. The number of carbonyl (C=O) groups excluding carboxylic acids is 2. The summed E-state index contributed by atoms with van der Waals surface area (Å²) in [6.07, 6.45) is 1.41. The SMILES string of the molecule is COC(=O)c1ccc([C@H](C)NC(=O)c2cc(Cl)cnc2OCc2ccccc2Cl)cc1. The second-order valence-electron chi connectivity index (χ2n) is 6.70. The molecule has 1 amide bonds. The average molecular weight is 459 g/mol. The molecule has 1 atom stereocenters. The van der Waals surface area contributed by atoms with Gasteiger partial charge in [0.2, 0.25) is 5.88 Å². The Hall–Kier alpha value is -3.09. The predicted octanol–water partition coefficient (Wildman–Crippen LogP) is 5.25. The lowest BCUT2D eigenvalue weighted by Crippen LogP contribution is -2.27. The van der Waals surface area contributed by atoms with Gasteiger partial charge in [-0.25, -0.2) is 9.78 Å². The van der Waals surface area contributed by atoms with Crippen molar-refractivity contribution in [1.29, 1.82) is 0 Å². The number of aromatic nitrogens is 1. The summed E-state index contributed by atoms with van der Waals surface area (Å²) in [4.78, 5) is 28.6. The van der Waals surface area contributed by atoms with E-state index in [1.165, 1.54) is 19.4 Å². The molecular formula is C23H20Cl2N2O4. The Balaban J connectivity index is 1.74. The molecular weight excluding hydrogens is 439 g/mol. The van der Waals surface area contributed by atoms with Crippen LogP contribution in [0.3, 0.4) is 0 Å². The highest BCUT2D eigenvalue weighted by atomic mass is 35.5. The van der Waals surface area contributed by atoms with Crippen LogP contribution in [-0.2, 0) is 11.3 Å². The quantitative estimate of drug-likeness (QED) is 0.489. The molecule has 0 radical (unpaired) electrons. The first-order valence-corrected chi connectivity index (χ1v) is 10.2. The van der Waals surface area contributed by atoms with Crippen molar-refractivity contribution < 1.29 is 19.1 Å². The highest BCUT2D eigenvalue weighted by Gasteiger charge is 2.18. The second kappa shape index (κ2) is 10.3. The van der Waals surface area contributed by atoms with Gasteiger partial charge in [0, 0.05) is 16.8 Å². The zero-order chi connectivity index (χ0) is 22.4. The lowest BCUT2D eigenvalue weighted by Gasteiger charge is -2.16. The van der Waals surface area contributed by atoms with Crippen molar-refractivity contribution in [2.24, 2.45) is 0 Å². The first-order valence-electron chi connectivity index (χ1n) is 9.40. The zero-order valence-electron chi connectivity index (χ0n) is 16.9. The fourth-order valence-electron chi connectivity index (χ4n) is 2.85. The van der Waals surface area contributed by atoms with E-state index in [1.807, 2.05) is 25.1 Å². The smallest absolute Gasteiger partial charge is 0.337 e. The van der Waals surface area contributed by atoms with Crippen LogP contribution in [-0.4, -0.2) is 24.0 Å². The minimum atomic E-state index is -0.423. The van der Waals surface area contributed by atoms with Crippen LogP contribution in [0.2, 0.25) is 10.0 Å². The van der Waals surface area contributed by atoms with Crippen LogP contribution in [0.15, 0.2) is 60.8 Å². The van der Waals surface area contributed by atoms with Crippen LogP contribution in [0.25, 0.3) is 0 Å². The maximum atomic E-state index is 12.9. The third kappa shape index (κ3) is 5.75. The van der Waals surface area contributed by atoms with Crippen LogP contribution < -0.4 is 10.1 Å². The summed E-state index contributed by atoms with van der Waals surface area (Å²) < 4.78 is 10.5. The van der Waals surface area contributed by atoms with E-state index >= 15 is 0 Å². The standard InChI is InChI=1S/C23H20Cl2N2O4/c1-14(15-7-9-16(10-8-15)23(29)30-2)27-21(28)19-11-18(24)12-26-22(19)31-13-17-5-3-4-6-20(17)25/h3-12,14H,13H2,1-2H3,(H,27,28)/t14-/m0/s1. The minimum Gasteiger partial charge on any atom is -0.472 e. The van der Waals surface area contributed by atoms with Crippen molar-refractivity contribution in [2.45, 2.75) is 19.6 Å². The van der Waals surface area contributed by atoms with Crippen LogP contribution >= 0.6 is 23.2 Å². The number of nitrogens with zero attached hydrogens (tertiary/aromatic N) is 1. The van der Waals surface area contributed by atoms with Crippen LogP contribution in [0, 0.1) is 0 Å². The van der Waals surface area contributed by atoms with Gasteiger partial charge in [0.05, 0.1) is 23.7 Å². The molecule has 1 heterocycles. The van der Waals surface area contributed by atoms with E-state index in [1.54, 1.807) is 30.3 Å². The third-order valence-corrected chi connectivity index (χ3v) is 5.14. The molecule has 0 saturated carbocycles. The van der Waals surface area contributed by atoms with Crippen molar-refractivity contribution in [2.75, 3.05) is 7.11 Å². The Morgan fingerprint density at radius 2 is 1.81 bits per heavy atom. The summed E-state index contributed by atoms with van der Waals surface area (Å²) in [5.74, 6) is -0.669. The van der Waals surface area contributed by atoms with Crippen molar-refractivity contribution in [3.8, 4) is 5.88 Å².